The number of nitrogens with one attached hydrogen (secondary N) is 1. The Hall–Kier alpha value is 0.390. The summed E-state index contributed by atoms with van der Waals surface area (Å²) in [6, 6.07) is 0.0330. The molecule has 1 rings (SSSR count). The second kappa shape index (κ2) is 6.36. The number of halogens is 1. The molecular weight excluding hydrogens is 290 g/mol. The first-order valence-electron chi connectivity index (χ1n) is 6.03. The quantitative estimate of drug-likeness (QED) is 0.767. The Morgan fingerprint density at radius 3 is 2.31 bits per heavy atom. The highest BCUT2D eigenvalue weighted by molar-refractivity contribution is 9.09. The summed E-state index contributed by atoms with van der Waals surface area (Å²) in [7, 11) is -3.10. The first kappa shape index (κ1) is 14.5. The van der Waals surface area contributed by atoms with E-state index in [0.717, 1.165) is 32.1 Å². The highest BCUT2D eigenvalue weighted by atomic mass is 79.9. The topological polar surface area (TPSA) is 46.2 Å². The van der Waals surface area contributed by atoms with Crippen molar-refractivity contribution in [2.45, 2.75) is 57.2 Å². The Morgan fingerprint density at radius 2 is 1.88 bits per heavy atom. The van der Waals surface area contributed by atoms with E-state index in [1.165, 1.54) is 0 Å². The first-order chi connectivity index (χ1) is 7.45. The van der Waals surface area contributed by atoms with Crippen LogP contribution in [0.2, 0.25) is 0 Å². The molecule has 0 aromatic carbocycles. The Kier molecular flexibility index (Phi) is 5.74. The molecule has 96 valence electrons. The van der Waals surface area contributed by atoms with Crippen LogP contribution in [0.25, 0.3) is 0 Å². The molecule has 0 aliphatic heterocycles. The smallest absolute Gasteiger partial charge is 0.212 e. The van der Waals surface area contributed by atoms with Crippen LogP contribution >= 0.6 is 15.9 Å². The maximum Gasteiger partial charge on any atom is 0.214 e. The minimum absolute atomic E-state index is 0.0330. The van der Waals surface area contributed by atoms with Crippen LogP contribution in [-0.2, 0) is 10.0 Å². The van der Waals surface area contributed by atoms with Gasteiger partial charge in [-0.1, -0.05) is 42.6 Å². The molecule has 1 fully saturated rings. The van der Waals surface area contributed by atoms with Crippen molar-refractivity contribution in [1.82, 2.24) is 4.72 Å². The lowest BCUT2D eigenvalue weighted by atomic mass is 10.1. The van der Waals surface area contributed by atoms with Gasteiger partial charge < -0.3 is 0 Å². The van der Waals surface area contributed by atoms with Crippen LogP contribution in [0.3, 0.4) is 0 Å². The Labute approximate surface area is 108 Å². The summed E-state index contributed by atoms with van der Waals surface area (Å²) in [6.07, 6.45) is 4.64. The van der Waals surface area contributed by atoms with Crippen LogP contribution < -0.4 is 4.72 Å². The standard InChI is InChI=1S/C11H22BrNO2S/c1-9(2)7-10(8-12)13-16(14,15)11-5-3-4-6-11/h9-11,13H,3-8H2,1-2H3. The van der Waals surface area contributed by atoms with Gasteiger partial charge in [-0.2, -0.15) is 0 Å². The molecular formula is C11H22BrNO2S. The molecule has 0 aromatic rings. The molecule has 0 amide bonds. The third-order valence-electron chi connectivity index (χ3n) is 3.01. The maximum absolute atomic E-state index is 12.1. The number of alkyl halides is 1. The van der Waals surface area contributed by atoms with Crippen LogP contribution in [0.15, 0.2) is 0 Å². The van der Waals surface area contributed by atoms with E-state index in [-0.39, 0.29) is 11.3 Å². The van der Waals surface area contributed by atoms with Gasteiger partial charge in [-0.15, -0.1) is 0 Å². The monoisotopic (exact) mass is 311 g/mol. The number of hydrogen-bond acceptors (Lipinski definition) is 2. The Balaban J connectivity index is 2.55. The van der Waals surface area contributed by atoms with Gasteiger partial charge in [0.2, 0.25) is 10.0 Å². The van der Waals surface area contributed by atoms with Gasteiger partial charge in [-0.3, -0.25) is 0 Å². The number of sulfonamides is 1. The van der Waals surface area contributed by atoms with Gasteiger partial charge in [0, 0.05) is 11.4 Å². The van der Waals surface area contributed by atoms with E-state index in [0.29, 0.717) is 11.2 Å². The van der Waals surface area contributed by atoms with Gasteiger partial charge in [-0.25, -0.2) is 13.1 Å². The zero-order valence-electron chi connectivity index (χ0n) is 10.1. The molecule has 1 saturated carbocycles. The molecule has 0 saturated heterocycles. The van der Waals surface area contributed by atoms with Crippen molar-refractivity contribution in [2.75, 3.05) is 5.33 Å². The van der Waals surface area contributed by atoms with Crippen molar-refractivity contribution < 1.29 is 8.42 Å². The molecule has 1 unspecified atom stereocenters. The summed E-state index contributed by atoms with van der Waals surface area (Å²) in [4.78, 5) is 0. The van der Waals surface area contributed by atoms with Crippen LogP contribution in [0, 0.1) is 5.92 Å². The first-order valence-corrected chi connectivity index (χ1v) is 8.69. The number of hydrogen-bond donors (Lipinski definition) is 1. The molecule has 1 N–H and O–H groups in total. The minimum Gasteiger partial charge on any atom is -0.212 e. The summed E-state index contributed by atoms with van der Waals surface area (Å²) < 4.78 is 26.9. The van der Waals surface area contributed by atoms with Gasteiger partial charge >= 0.3 is 0 Å². The van der Waals surface area contributed by atoms with Gasteiger partial charge in [0.15, 0.2) is 0 Å². The molecule has 3 nitrogen and oxygen atoms in total. The van der Waals surface area contributed by atoms with Crippen LogP contribution in [0.1, 0.15) is 46.0 Å². The predicted octanol–water partition coefficient (Wildman–Crippen LogP) is 2.66. The Bertz CT molecular complexity index is 297. The van der Waals surface area contributed by atoms with Gasteiger partial charge in [0.25, 0.3) is 0 Å². The highest BCUT2D eigenvalue weighted by Crippen LogP contribution is 2.24. The van der Waals surface area contributed by atoms with E-state index in [9.17, 15) is 8.42 Å². The Morgan fingerprint density at radius 1 is 1.31 bits per heavy atom. The van der Waals surface area contributed by atoms with E-state index in [1.54, 1.807) is 0 Å². The summed E-state index contributed by atoms with van der Waals surface area (Å²) in [6.45, 7) is 4.22. The van der Waals surface area contributed by atoms with Crippen molar-refractivity contribution in [2.24, 2.45) is 5.92 Å². The van der Waals surface area contributed by atoms with Crippen molar-refractivity contribution in [3.63, 3.8) is 0 Å². The summed E-state index contributed by atoms with van der Waals surface area (Å²) in [5, 5.41) is 0.540. The lowest BCUT2D eigenvalue weighted by molar-refractivity contribution is 0.483. The lowest BCUT2D eigenvalue weighted by Crippen LogP contribution is -2.41. The van der Waals surface area contributed by atoms with Crippen LogP contribution in [-0.4, -0.2) is 25.0 Å². The molecule has 0 heterocycles. The van der Waals surface area contributed by atoms with Gasteiger partial charge in [-0.05, 0) is 25.2 Å². The normalized spacial score (nSPS) is 20.5. The van der Waals surface area contributed by atoms with Crippen molar-refractivity contribution in [1.29, 1.82) is 0 Å². The van der Waals surface area contributed by atoms with Crippen LogP contribution in [0.5, 0.6) is 0 Å². The fourth-order valence-electron chi connectivity index (χ4n) is 2.24. The minimum atomic E-state index is -3.10. The second-order valence-corrected chi connectivity index (χ2v) is 7.69. The second-order valence-electron chi connectivity index (χ2n) is 5.05. The van der Waals surface area contributed by atoms with E-state index in [1.807, 2.05) is 0 Å². The third kappa shape index (κ3) is 4.34. The predicted molar refractivity (Wildman–Crippen MR) is 71.3 cm³/mol. The van der Waals surface area contributed by atoms with E-state index < -0.39 is 10.0 Å². The summed E-state index contributed by atoms with van der Waals surface area (Å²) in [5.41, 5.74) is 0. The third-order valence-corrected chi connectivity index (χ3v) is 5.81. The van der Waals surface area contributed by atoms with E-state index in [2.05, 4.69) is 34.5 Å². The number of rotatable bonds is 6. The molecule has 16 heavy (non-hydrogen) atoms. The van der Waals surface area contributed by atoms with Gasteiger partial charge in [0.05, 0.1) is 5.25 Å². The fourth-order valence-corrected chi connectivity index (χ4v) is 4.67. The van der Waals surface area contributed by atoms with Crippen molar-refractivity contribution in [3.05, 3.63) is 0 Å². The van der Waals surface area contributed by atoms with E-state index in [4.69, 9.17) is 0 Å². The molecule has 0 aromatic heterocycles. The molecule has 1 aliphatic rings. The molecule has 1 atom stereocenters. The highest BCUT2D eigenvalue weighted by Gasteiger charge is 2.30. The summed E-state index contributed by atoms with van der Waals surface area (Å²) in [5.74, 6) is 0.508. The van der Waals surface area contributed by atoms with Gasteiger partial charge in [0.1, 0.15) is 0 Å². The average molecular weight is 312 g/mol. The largest absolute Gasteiger partial charge is 0.214 e. The molecule has 5 heteroatoms. The molecule has 0 radical (unpaired) electrons. The molecule has 0 bridgehead atoms. The maximum atomic E-state index is 12.1. The lowest BCUT2D eigenvalue weighted by Gasteiger charge is -2.20. The SMILES string of the molecule is CC(C)CC(CBr)NS(=O)(=O)C1CCCC1. The molecule has 1 aliphatic carbocycles. The fraction of sp³-hybridized carbons (Fsp3) is 1.00. The zero-order valence-corrected chi connectivity index (χ0v) is 12.5. The van der Waals surface area contributed by atoms with Crippen LogP contribution in [0.4, 0.5) is 0 Å². The van der Waals surface area contributed by atoms with E-state index >= 15 is 0 Å². The average Bonchev–Trinajstić information content (AvgIpc) is 2.68. The van der Waals surface area contributed by atoms with Crippen molar-refractivity contribution >= 4 is 26.0 Å². The van der Waals surface area contributed by atoms with Crippen molar-refractivity contribution in [3.8, 4) is 0 Å². The zero-order chi connectivity index (χ0) is 12.2. The molecule has 0 spiro atoms. The summed E-state index contributed by atoms with van der Waals surface area (Å²) >= 11 is 3.38.